The average molecular weight is 316 g/mol. The van der Waals surface area contributed by atoms with Crippen molar-refractivity contribution in [2.24, 2.45) is 0 Å². The van der Waals surface area contributed by atoms with Crippen LogP contribution in [0.25, 0.3) is 0 Å². The maximum Gasteiger partial charge on any atom is 0.0704 e. The SMILES string of the molecule is Cc1sc(Br)cc1CCCCCCNC1CC1. The monoisotopic (exact) mass is 315 g/mol. The average Bonchev–Trinajstić information content (AvgIpc) is 3.04. The van der Waals surface area contributed by atoms with Gasteiger partial charge in [-0.05, 0) is 73.1 Å². The number of hydrogen-bond donors (Lipinski definition) is 1. The van der Waals surface area contributed by atoms with Gasteiger partial charge in [0.2, 0.25) is 0 Å². The summed E-state index contributed by atoms with van der Waals surface area (Å²) in [6.07, 6.45) is 9.52. The normalized spacial score (nSPS) is 15.4. The van der Waals surface area contributed by atoms with Gasteiger partial charge in [-0.25, -0.2) is 0 Å². The fourth-order valence-corrected chi connectivity index (χ4v) is 3.91. The highest BCUT2D eigenvalue weighted by Crippen LogP contribution is 2.27. The second-order valence-corrected chi connectivity index (χ2v) is 7.66. The van der Waals surface area contributed by atoms with Gasteiger partial charge in [0.15, 0.2) is 0 Å². The quantitative estimate of drug-likeness (QED) is 0.687. The van der Waals surface area contributed by atoms with Gasteiger partial charge in [-0.15, -0.1) is 11.3 Å². The zero-order valence-corrected chi connectivity index (χ0v) is 13.0. The molecule has 1 heterocycles. The minimum Gasteiger partial charge on any atom is -0.314 e. The van der Waals surface area contributed by atoms with Crippen molar-refractivity contribution < 1.29 is 0 Å². The molecule has 17 heavy (non-hydrogen) atoms. The molecule has 96 valence electrons. The predicted molar refractivity (Wildman–Crippen MR) is 80.0 cm³/mol. The highest BCUT2D eigenvalue weighted by atomic mass is 79.9. The van der Waals surface area contributed by atoms with Crippen LogP contribution in [0.15, 0.2) is 9.85 Å². The molecule has 0 saturated heterocycles. The van der Waals surface area contributed by atoms with Crippen LogP contribution in [0.2, 0.25) is 0 Å². The van der Waals surface area contributed by atoms with Crippen LogP contribution in [-0.2, 0) is 6.42 Å². The van der Waals surface area contributed by atoms with Gasteiger partial charge in [0.05, 0.1) is 3.79 Å². The van der Waals surface area contributed by atoms with Crippen LogP contribution in [0.4, 0.5) is 0 Å². The first-order valence-electron chi connectivity index (χ1n) is 6.74. The molecular weight excluding hydrogens is 294 g/mol. The van der Waals surface area contributed by atoms with Gasteiger partial charge in [-0.2, -0.15) is 0 Å². The molecule has 1 aromatic heterocycles. The predicted octanol–water partition coefficient (Wildman–Crippen LogP) is 4.67. The molecule has 0 amide bonds. The van der Waals surface area contributed by atoms with Crippen LogP contribution in [-0.4, -0.2) is 12.6 Å². The summed E-state index contributed by atoms with van der Waals surface area (Å²) in [5, 5.41) is 3.57. The van der Waals surface area contributed by atoms with Gasteiger partial charge in [0, 0.05) is 10.9 Å². The van der Waals surface area contributed by atoms with Crippen molar-refractivity contribution in [2.45, 2.75) is 57.9 Å². The Labute approximate surface area is 117 Å². The van der Waals surface area contributed by atoms with E-state index in [1.165, 1.54) is 65.7 Å². The fourth-order valence-electron chi connectivity index (χ4n) is 2.12. The lowest BCUT2D eigenvalue weighted by Crippen LogP contribution is -2.17. The third-order valence-corrected chi connectivity index (χ3v) is 4.97. The van der Waals surface area contributed by atoms with E-state index < -0.39 is 0 Å². The second kappa shape index (κ2) is 6.91. The Morgan fingerprint density at radius 2 is 2.06 bits per heavy atom. The third-order valence-electron chi connectivity index (χ3n) is 3.37. The Morgan fingerprint density at radius 3 is 2.71 bits per heavy atom. The lowest BCUT2D eigenvalue weighted by molar-refractivity contribution is 0.585. The number of hydrogen-bond acceptors (Lipinski definition) is 2. The highest BCUT2D eigenvalue weighted by molar-refractivity contribution is 9.11. The molecule has 1 N–H and O–H groups in total. The molecular formula is C14H22BrNS. The lowest BCUT2D eigenvalue weighted by Gasteiger charge is -2.03. The van der Waals surface area contributed by atoms with Gasteiger partial charge in [0.1, 0.15) is 0 Å². The van der Waals surface area contributed by atoms with Gasteiger partial charge in [-0.3, -0.25) is 0 Å². The Bertz CT molecular complexity index is 344. The Hall–Kier alpha value is 0.140. The van der Waals surface area contributed by atoms with Crippen LogP contribution in [0, 0.1) is 6.92 Å². The van der Waals surface area contributed by atoms with Crippen LogP contribution >= 0.6 is 27.3 Å². The number of unbranched alkanes of at least 4 members (excludes halogenated alkanes) is 3. The van der Waals surface area contributed by atoms with E-state index in [0.717, 1.165) is 6.04 Å². The standard InChI is InChI=1S/C14H22BrNS/c1-11-12(10-14(15)17-11)6-4-2-3-5-9-16-13-7-8-13/h10,13,16H,2-9H2,1H3. The van der Waals surface area contributed by atoms with E-state index in [1.807, 2.05) is 11.3 Å². The van der Waals surface area contributed by atoms with E-state index in [4.69, 9.17) is 0 Å². The summed E-state index contributed by atoms with van der Waals surface area (Å²) < 4.78 is 1.28. The Kier molecular flexibility index (Phi) is 5.51. The molecule has 0 atom stereocenters. The summed E-state index contributed by atoms with van der Waals surface area (Å²) in [5.74, 6) is 0. The smallest absolute Gasteiger partial charge is 0.0704 e. The lowest BCUT2D eigenvalue weighted by atomic mass is 10.1. The number of halogens is 1. The summed E-state index contributed by atoms with van der Waals surface area (Å²) >= 11 is 5.41. The molecule has 0 radical (unpaired) electrons. The van der Waals surface area contributed by atoms with Crippen molar-refractivity contribution in [1.82, 2.24) is 5.32 Å². The van der Waals surface area contributed by atoms with E-state index in [0.29, 0.717) is 0 Å². The van der Waals surface area contributed by atoms with Gasteiger partial charge >= 0.3 is 0 Å². The molecule has 1 aromatic rings. The summed E-state index contributed by atoms with van der Waals surface area (Å²) in [6.45, 7) is 3.46. The molecule has 0 aliphatic heterocycles. The summed E-state index contributed by atoms with van der Waals surface area (Å²) in [6, 6.07) is 3.16. The highest BCUT2D eigenvalue weighted by Gasteiger charge is 2.19. The Morgan fingerprint density at radius 1 is 1.29 bits per heavy atom. The van der Waals surface area contributed by atoms with Crippen molar-refractivity contribution in [1.29, 1.82) is 0 Å². The molecule has 1 aliphatic carbocycles. The summed E-state index contributed by atoms with van der Waals surface area (Å²) in [5.41, 5.74) is 1.54. The molecule has 1 fully saturated rings. The molecule has 1 nitrogen and oxygen atoms in total. The maximum absolute atomic E-state index is 3.57. The van der Waals surface area contributed by atoms with Crippen molar-refractivity contribution in [2.75, 3.05) is 6.54 Å². The van der Waals surface area contributed by atoms with Crippen molar-refractivity contribution in [3.63, 3.8) is 0 Å². The van der Waals surface area contributed by atoms with Gasteiger partial charge in [-0.1, -0.05) is 12.8 Å². The number of rotatable bonds is 8. The summed E-state index contributed by atoms with van der Waals surface area (Å²) in [7, 11) is 0. The molecule has 0 unspecified atom stereocenters. The van der Waals surface area contributed by atoms with Crippen LogP contribution in [0.3, 0.4) is 0 Å². The Balaban J connectivity index is 1.49. The topological polar surface area (TPSA) is 12.0 Å². The van der Waals surface area contributed by atoms with Crippen LogP contribution in [0.5, 0.6) is 0 Å². The van der Waals surface area contributed by atoms with E-state index in [1.54, 1.807) is 0 Å². The van der Waals surface area contributed by atoms with E-state index >= 15 is 0 Å². The van der Waals surface area contributed by atoms with E-state index in [-0.39, 0.29) is 0 Å². The summed E-state index contributed by atoms with van der Waals surface area (Å²) in [4.78, 5) is 1.48. The molecule has 2 rings (SSSR count). The van der Waals surface area contributed by atoms with E-state index in [9.17, 15) is 0 Å². The second-order valence-electron chi connectivity index (χ2n) is 5.02. The van der Waals surface area contributed by atoms with Gasteiger partial charge in [0.25, 0.3) is 0 Å². The maximum atomic E-state index is 3.57. The molecule has 1 saturated carbocycles. The minimum atomic E-state index is 0.876. The van der Waals surface area contributed by atoms with Gasteiger partial charge < -0.3 is 5.32 Å². The molecule has 1 aliphatic rings. The first-order chi connectivity index (χ1) is 8.25. The van der Waals surface area contributed by atoms with Crippen molar-refractivity contribution >= 4 is 27.3 Å². The first-order valence-corrected chi connectivity index (χ1v) is 8.35. The number of nitrogens with one attached hydrogen (secondary N) is 1. The van der Waals surface area contributed by atoms with E-state index in [2.05, 4.69) is 34.2 Å². The zero-order valence-electron chi connectivity index (χ0n) is 10.6. The largest absolute Gasteiger partial charge is 0.314 e. The third kappa shape index (κ3) is 5.11. The van der Waals surface area contributed by atoms with Crippen molar-refractivity contribution in [3.8, 4) is 0 Å². The van der Waals surface area contributed by atoms with Crippen LogP contribution < -0.4 is 5.32 Å². The zero-order chi connectivity index (χ0) is 12.1. The fraction of sp³-hybridized carbons (Fsp3) is 0.714. The molecule has 3 heteroatoms. The minimum absolute atomic E-state index is 0.876. The van der Waals surface area contributed by atoms with Crippen LogP contribution in [0.1, 0.15) is 49.0 Å². The molecule has 0 spiro atoms. The number of aryl methyl sites for hydroxylation is 2. The number of thiophene rings is 1. The molecule has 0 aromatic carbocycles. The molecule has 0 bridgehead atoms. The first kappa shape index (κ1) is 13.6. The van der Waals surface area contributed by atoms with Crippen molar-refractivity contribution in [3.05, 3.63) is 20.3 Å².